The molecule has 0 radical (unpaired) electrons. The smallest absolute Gasteiger partial charge is 0.359 e. The van der Waals surface area contributed by atoms with Crippen LogP contribution in [0, 0.1) is 6.92 Å². The first-order chi connectivity index (χ1) is 7.83. The van der Waals surface area contributed by atoms with E-state index in [4.69, 9.17) is 5.84 Å². The van der Waals surface area contributed by atoms with E-state index in [0.717, 1.165) is 0 Å². The zero-order chi connectivity index (χ0) is 13.1. The molecule has 0 fully saturated rings. The molecule has 3 N–H and O–H groups in total. The lowest BCUT2D eigenvalue weighted by molar-refractivity contribution is -0.132. The minimum Gasteiger partial charge on any atom is -0.359 e. The number of anilines is 2. The van der Waals surface area contributed by atoms with Crippen LogP contribution in [-0.2, 0) is 0 Å². The minimum atomic E-state index is -4.18. The Balaban J connectivity index is 2.77. The molecule has 0 aliphatic heterocycles. The van der Waals surface area contributed by atoms with E-state index in [-0.39, 0.29) is 12.5 Å². The van der Waals surface area contributed by atoms with Gasteiger partial charge >= 0.3 is 6.18 Å². The van der Waals surface area contributed by atoms with Gasteiger partial charge < -0.3 is 4.90 Å². The fourth-order valence-corrected chi connectivity index (χ4v) is 1.29. The number of nitrogen functional groups attached to an aromatic ring is 1. The highest BCUT2D eigenvalue weighted by Gasteiger charge is 2.27. The summed E-state index contributed by atoms with van der Waals surface area (Å²) >= 11 is 0. The predicted molar refractivity (Wildman–Crippen MR) is 58.5 cm³/mol. The summed E-state index contributed by atoms with van der Waals surface area (Å²) in [7, 11) is 1.54. The fraction of sp³-hybridized carbons (Fsp3) is 0.556. The molecule has 0 atom stereocenters. The third-order valence-corrected chi connectivity index (χ3v) is 2.17. The summed E-state index contributed by atoms with van der Waals surface area (Å²) in [4.78, 5) is 9.28. The topological polar surface area (TPSA) is 67.1 Å². The highest BCUT2D eigenvalue weighted by molar-refractivity contribution is 5.47. The van der Waals surface area contributed by atoms with Crippen molar-refractivity contribution in [3.63, 3.8) is 0 Å². The second-order valence-corrected chi connectivity index (χ2v) is 3.63. The molecule has 1 aromatic rings. The van der Waals surface area contributed by atoms with Crippen molar-refractivity contribution in [3.05, 3.63) is 11.8 Å². The molecule has 0 bridgehead atoms. The molecule has 1 rings (SSSR count). The van der Waals surface area contributed by atoms with Crippen LogP contribution in [0.1, 0.15) is 12.0 Å². The van der Waals surface area contributed by atoms with Gasteiger partial charge in [-0.3, -0.25) is 5.43 Å². The molecule has 0 unspecified atom stereocenters. The third-order valence-electron chi connectivity index (χ3n) is 2.17. The molecule has 0 amide bonds. The normalized spacial score (nSPS) is 11.4. The summed E-state index contributed by atoms with van der Waals surface area (Å²) in [5.41, 5.74) is 2.94. The Labute approximate surface area is 96.8 Å². The number of aromatic nitrogens is 2. The standard InChI is InChI=1S/C9H14F3N5/c1-6-5-14-8(16-13)15-7(6)17(2)4-3-9(10,11)12/h5H,3-4,13H2,1-2H3,(H,14,15,16). The van der Waals surface area contributed by atoms with Crippen molar-refractivity contribution in [2.75, 3.05) is 23.9 Å². The van der Waals surface area contributed by atoms with Crippen LogP contribution < -0.4 is 16.2 Å². The van der Waals surface area contributed by atoms with E-state index in [2.05, 4.69) is 15.4 Å². The van der Waals surface area contributed by atoms with Crippen LogP contribution in [0.15, 0.2) is 6.20 Å². The van der Waals surface area contributed by atoms with Gasteiger partial charge in [-0.15, -0.1) is 0 Å². The number of nitrogens with two attached hydrogens (primary N) is 1. The quantitative estimate of drug-likeness (QED) is 0.624. The zero-order valence-corrected chi connectivity index (χ0v) is 9.54. The molecule has 0 saturated heterocycles. The van der Waals surface area contributed by atoms with Gasteiger partial charge in [-0.1, -0.05) is 0 Å². The van der Waals surface area contributed by atoms with Gasteiger partial charge in [0.1, 0.15) is 5.82 Å². The molecule has 17 heavy (non-hydrogen) atoms. The van der Waals surface area contributed by atoms with E-state index in [1.54, 1.807) is 14.0 Å². The number of nitrogens with one attached hydrogen (secondary N) is 1. The summed E-state index contributed by atoms with van der Waals surface area (Å²) < 4.78 is 36.3. The maximum Gasteiger partial charge on any atom is 0.390 e. The van der Waals surface area contributed by atoms with Crippen molar-refractivity contribution in [2.24, 2.45) is 5.84 Å². The minimum absolute atomic E-state index is 0.161. The third kappa shape index (κ3) is 4.06. The molecule has 5 nitrogen and oxygen atoms in total. The number of hydrogen-bond acceptors (Lipinski definition) is 5. The first-order valence-corrected chi connectivity index (χ1v) is 4.91. The van der Waals surface area contributed by atoms with Crippen molar-refractivity contribution in [1.82, 2.24) is 9.97 Å². The van der Waals surface area contributed by atoms with Gasteiger partial charge in [0.25, 0.3) is 0 Å². The molecule has 8 heteroatoms. The van der Waals surface area contributed by atoms with E-state index < -0.39 is 12.6 Å². The van der Waals surface area contributed by atoms with E-state index in [1.165, 1.54) is 11.1 Å². The van der Waals surface area contributed by atoms with Crippen LogP contribution in [0.25, 0.3) is 0 Å². The van der Waals surface area contributed by atoms with Crippen molar-refractivity contribution in [3.8, 4) is 0 Å². The monoisotopic (exact) mass is 249 g/mol. The van der Waals surface area contributed by atoms with Crippen LogP contribution in [0.3, 0.4) is 0 Å². The number of hydrogen-bond donors (Lipinski definition) is 2. The maximum absolute atomic E-state index is 12.1. The Morgan fingerprint density at radius 2 is 2.12 bits per heavy atom. The number of nitrogens with zero attached hydrogens (tertiary/aromatic N) is 3. The zero-order valence-electron chi connectivity index (χ0n) is 9.54. The highest BCUT2D eigenvalue weighted by atomic mass is 19.4. The highest BCUT2D eigenvalue weighted by Crippen LogP contribution is 2.22. The fourth-order valence-electron chi connectivity index (χ4n) is 1.29. The van der Waals surface area contributed by atoms with Crippen LogP contribution in [-0.4, -0.2) is 29.7 Å². The van der Waals surface area contributed by atoms with Gasteiger partial charge in [-0.25, -0.2) is 10.8 Å². The largest absolute Gasteiger partial charge is 0.390 e. The second kappa shape index (κ2) is 5.17. The number of hydrazine groups is 1. The molecule has 0 saturated carbocycles. The lowest BCUT2D eigenvalue weighted by atomic mass is 10.3. The van der Waals surface area contributed by atoms with Gasteiger partial charge in [0.05, 0.1) is 6.42 Å². The molecule has 1 heterocycles. The predicted octanol–water partition coefficient (Wildman–Crippen LogP) is 1.46. The van der Waals surface area contributed by atoms with E-state index in [9.17, 15) is 13.2 Å². The van der Waals surface area contributed by atoms with Crippen LogP contribution in [0.5, 0.6) is 0 Å². The molecular formula is C9H14F3N5. The Kier molecular flexibility index (Phi) is 4.11. The molecule has 0 spiro atoms. The summed E-state index contributed by atoms with van der Waals surface area (Å²) in [6.07, 6.45) is -3.57. The summed E-state index contributed by atoms with van der Waals surface area (Å²) in [5.74, 6) is 5.74. The Hall–Kier alpha value is -1.57. The van der Waals surface area contributed by atoms with Crippen LogP contribution in [0.4, 0.5) is 24.9 Å². The molecular weight excluding hydrogens is 235 g/mol. The average Bonchev–Trinajstić information content (AvgIpc) is 2.25. The summed E-state index contributed by atoms with van der Waals surface area (Å²) in [5, 5.41) is 0. The van der Waals surface area contributed by atoms with Crippen LogP contribution in [0.2, 0.25) is 0 Å². The molecule has 0 aromatic carbocycles. The van der Waals surface area contributed by atoms with Crippen molar-refractivity contribution in [2.45, 2.75) is 19.5 Å². The van der Waals surface area contributed by atoms with Gasteiger partial charge in [0, 0.05) is 25.4 Å². The van der Waals surface area contributed by atoms with Crippen LogP contribution >= 0.6 is 0 Å². The lowest BCUT2D eigenvalue weighted by Crippen LogP contribution is -2.26. The Morgan fingerprint density at radius 1 is 1.47 bits per heavy atom. The maximum atomic E-state index is 12.1. The molecule has 1 aromatic heterocycles. The van der Waals surface area contributed by atoms with E-state index in [1.807, 2.05) is 0 Å². The lowest BCUT2D eigenvalue weighted by Gasteiger charge is -2.21. The number of alkyl halides is 3. The van der Waals surface area contributed by atoms with Gasteiger partial charge in [-0.05, 0) is 6.92 Å². The number of halogens is 3. The second-order valence-electron chi connectivity index (χ2n) is 3.63. The Morgan fingerprint density at radius 3 is 2.65 bits per heavy atom. The van der Waals surface area contributed by atoms with Crippen molar-refractivity contribution in [1.29, 1.82) is 0 Å². The van der Waals surface area contributed by atoms with Crippen molar-refractivity contribution < 1.29 is 13.2 Å². The molecule has 0 aliphatic rings. The molecule has 0 aliphatic carbocycles. The first-order valence-electron chi connectivity index (χ1n) is 4.91. The first kappa shape index (κ1) is 13.5. The average molecular weight is 249 g/mol. The number of aryl methyl sites for hydroxylation is 1. The Bertz CT molecular complexity index is 379. The van der Waals surface area contributed by atoms with E-state index >= 15 is 0 Å². The van der Waals surface area contributed by atoms with Gasteiger partial charge in [0.15, 0.2) is 0 Å². The van der Waals surface area contributed by atoms with E-state index in [0.29, 0.717) is 11.4 Å². The SMILES string of the molecule is Cc1cnc(NN)nc1N(C)CCC(F)(F)F. The van der Waals surface area contributed by atoms with Gasteiger partial charge in [0.2, 0.25) is 5.95 Å². The summed E-state index contributed by atoms with van der Waals surface area (Å²) in [6, 6.07) is 0. The summed E-state index contributed by atoms with van der Waals surface area (Å²) in [6.45, 7) is 1.56. The number of rotatable bonds is 4. The van der Waals surface area contributed by atoms with Gasteiger partial charge in [-0.2, -0.15) is 18.2 Å². The molecule has 96 valence electrons. The van der Waals surface area contributed by atoms with Crippen molar-refractivity contribution >= 4 is 11.8 Å².